The molecule has 1 atom stereocenters. The number of carbonyl (C=O) groups is 3. The maximum absolute atomic E-state index is 12.8. The topological polar surface area (TPSA) is 89.1 Å². The van der Waals surface area contributed by atoms with Crippen LogP contribution >= 0.6 is 0 Å². The van der Waals surface area contributed by atoms with Crippen molar-refractivity contribution in [3.8, 4) is 0 Å². The average molecular weight is 378 g/mol. The fourth-order valence-electron chi connectivity index (χ4n) is 3.48. The summed E-state index contributed by atoms with van der Waals surface area (Å²) in [6.45, 7) is 8.23. The standard InChI is InChI=1S/C22H22N2O4/c1-11-10-17(16-8-6-7-9-18(16)23-11)22(27)28-15(5)21(26)20-12(2)19(14(4)25)13(3)24-20/h6-10,15,24H,1-5H3/t15-/m0/s1. The number of benzene rings is 1. The van der Waals surface area contributed by atoms with Gasteiger partial charge in [0.05, 0.1) is 16.8 Å². The van der Waals surface area contributed by atoms with Gasteiger partial charge in [0.15, 0.2) is 11.9 Å². The highest BCUT2D eigenvalue weighted by Crippen LogP contribution is 2.22. The number of fused-ring (bicyclic) bond motifs is 1. The lowest BCUT2D eigenvalue weighted by Crippen LogP contribution is -2.25. The smallest absolute Gasteiger partial charge is 0.339 e. The van der Waals surface area contributed by atoms with Crippen LogP contribution in [0.1, 0.15) is 62.0 Å². The van der Waals surface area contributed by atoms with E-state index >= 15 is 0 Å². The normalized spacial score (nSPS) is 12.0. The van der Waals surface area contributed by atoms with Crippen LogP contribution in [0.5, 0.6) is 0 Å². The van der Waals surface area contributed by atoms with E-state index in [0.717, 1.165) is 0 Å². The summed E-state index contributed by atoms with van der Waals surface area (Å²) in [4.78, 5) is 44.7. The van der Waals surface area contributed by atoms with Gasteiger partial charge in [-0.05, 0) is 52.3 Å². The molecule has 0 aliphatic rings. The molecule has 2 aromatic heterocycles. The zero-order chi connectivity index (χ0) is 20.6. The molecule has 0 amide bonds. The van der Waals surface area contributed by atoms with Gasteiger partial charge in [-0.15, -0.1) is 0 Å². The van der Waals surface area contributed by atoms with Crippen LogP contribution in [0, 0.1) is 20.8 Å². The zero-order valence-corrected chi connectivity index (χ0v) is 16.5. The van der Waals surface area contributed by atoms with Gasteiger partial charge in [-0.3, -0.25) is 14.6 Å². The molecule has 1 N–H and O–H groups in total. The Morgan fingerprint density at radius 3 is 2.43 bits per heavy atom. The van der Waals surface area contributed by atoms with Gasteiger partial charge in [-0.2, -0.15) is 0 Å². The molecular weight excluding hydrogens is 356 g/mol. The van der Waals surface area contributed by atoms with E-state index < -0.39 is 12.1 Å². The second-order valence-electron chi connectivity index (χ2n) is 6.92. The van der Waals surface area contributed by atoms with E-state index in [2.05, 4.69) is 9.97 Å². The summed E-state index contributed by atoms with van der Waals surface area (Å²) >= 11 is 0. The van der Waals surface area contributed by atoms with Crippen molar-refractivity contribution >= 4 is 28.4 Å². The maximum atomic E-state index is 12.8. The number of aromatic nitrogens is 2. The first-order valence-corrected chi connectivity index (χ1v) is 9.02. The molecule has 1 aromatic carbocycles. The molecule has 0 saturated heterocycles. The molecule has 3 aromatic rings. The molecule has 6 nitrogen and oxygen atoms in total. The van der Waals surface area contributed by atoms with Gasteiger partial charge in [-0.1, -0.05) is 18.2 Å². The average Bonchev–Trinajstić information content (AvgIpc) is 2.94. The number of rotatable bonds is 5. The Kier molecular flexibility index (Phi) is 5.14. The van der Waals surface area contributed by atoms with Gasteiger partial charge < -0.3 is 9.72 Å². The summed E-state index contributed by atoms with van der Waals surface area (Å²) in [6, 6.07) is 8.93. The SMILES string of the molecule is CC(=O)c1c(C)[nH]c(C(=O)[C@H](C)OC(=O)c2cc(C)nc3ccccc23)c1C. The molecule has 6 heteroatoms. The number of Topliss-reactive ketones (excluding diaryl/α,β-unsaturated/α-hetero) is 2. The van der Waals surface area contributed by atoms with Crippen LogP contribution in [0.2, 0.25) is 0 Å². The Morgan fingerprint density at radius 1 is 1.11 bits per heavy atom. The van der Waals surface area contributed by atoms with Crippen molar-refractivity contribution in [2.24, 2.45) is 0 Å². The lowest BCUT2D eigenvalue weighted by Gasteiger charge is -2.14. The van der Waals surface area contributed by atoms with E-state index in [1.165, 1.54) is 13.8 Å². The van der Waals surface area contributed by atoms with Crippen LogP contribution in [-0.2, 0) is 4.74 Å². The van der Waals surface area contributed by atoms with Crippen molar-refractivity contribution in [2.75, 3.05) is 0 Å². The highest BCUT2D eigenvalue weighted by atomic mass is 16.5. The number of nitrogens with one attached hydrogen (secondary N) is 1. The second kappa shape index (κ2) is 7.38. The first-order valence-electron chi connectivity index (χ1n) is 9.02. The van der Waals surface area contributed by atoms with E-state index in [9.17, 15) is 14.4 Å². The van der Waals surface area contributed by atoms with Crippen molar-refractivity contribution in [1.29, 1.82) is 0 Å². The highest BCUT2D eigenvalue weighted by molar-refractivity contribution is 6.07. The third-order valence-corrected chi connectivity index (χ3v) is 4.75. The Bertz CT molecular complexity index is 1110. The lowest BCUT2D eigenvalue weighted by molar-refractivity contribution is 0.0318. The molecule has 0 aliphatic heterocycles. The summed E-state index contributed by atoms with van der Waals surface area (Å²) < 4.78 is 5.46. The van der Waals surface area contributed by atoms with Gasteiger partial charge in [0.2, 0.25) is 5.78 Å². The molecule has 28 heavy (non-hydrogen) atoms. The number of aromatic amines is 1. The second-order valence-corrected chi connectivity index (χ2v) is 6.92. The molecule has 2 heterocycles. The zero-order valence-electron chi connectivity index (χ0n) is 16.5. The van der Waals surface area contributed by atoms with Crippen LogP contribution in [0.4, 0.5) is 0 Å². The monoisotopic (exact) mass is 378 g/mol. The number of ketones is 2. The number of hydrogen-bond acceptors (Lipinski definition) is 5. The number of nitrogens with zero attached hydrogens (tertiary/aromatic N) is 1. The van der Waals surface area contributed by atoms with Crippen LogP contribution in [0.3, 0.4) is 0 Å². The molecule has 3 rings (SSSR count). The molecule has 0 fully saturated rings. The van der Waals surface area contributed by atoms with Gasteiger partial charge in [0.1, 0.15) is 0 Å². The Balaban J connectivity index is 1.89. The van der Waals surface area contributed by atoms with E-state index in [-0.39, 0.29) is 11.6 Å². The highest BCUT2D eigenvalue weighted by Gasteiger charge is 2.27. The third kappa shape index (κ3) is 3.45. The number of hydrogen-bond donors (Lipinski definition) is 1. The van der Waals surface area contributed by atoms with Gasteiger partial charge >= 0.3 is 5.97 Å². The van der Waals surface area contributed by atoms with Crippen LogP contribution < -0.4 is 0 Å². The molecule has 0 spiro atoms. The largest absolute Gasteiger partial charge is 0.451 e. The van der Waals surface area contributed by atoms with E-state index in [0.29, 0.717) is 44.7 Å². The number of H-pyrrole nitrogens is 1. The van der Waals surface area contributed by atoms with Crippen molar-refractivity contribution < 1.29 is 19.1 Å². The number of pyridine rings is 1. The molecule has 0 saturated carbocycles. The Morgan fingerprint density at radius 2 is 1.79 bits per heavy atom. The molecule has 144 valence electrons. The van der Waals surface area contributed by atoms with E-state index in [4.69, 9.17) is 4.74 Å². The van der Waals surface area contributed by atoms with Crippen molar-refractivity contribution in [3.05, 3.63) is 64.1 Å². The summed E-state index contributed by atoms with van der Waals surface area (Å²) in [5.41, 5.74) is 3.73. The first-order chi connectivity index (χ1) is 13.2. The number of carbonyl (C=O) groups excluding carboxylic acids is 3. The summed E-state index contributed by atoms with van der Waals surface area (Å²) in [5.74, 6) is -1.08. The number of esters is 1. The fourth-order valence-corrected chi connectivity index (χ4v) is 3.48. The molecular formula is C22H22N2O4. The summed E-state index contributed by atoms with van der Waals surface area (Å²) in [5, 5.41) is 0.670. The van der Waals surface area contributed by atoms with Gasteiger partial charge in [0.25, 0.3) is 0 Å². The lowest BCUT2D eigenvalue weighted by atomic mass is 10.0. The first kappa shape index (κ1) is 19.5. The van der Waals surface area contributed by atoms with Gasteiger partial charge in [0, 0.05) is 22.3 Å². The minimum absolute atomic E-state index is 0.117. The predicted molar refractivity (Wildman–Crippen MR) is 106 cm³/mol. The number of aryl methyl sites for hydroxylation is 2. The summed E-state index contributed by atoms with van der Waals surface area (Å²) in [6.07, 6.45) is -1.00. The molecule has 0 bridgehead atoms. The van der Waals surface area contributed by atoms with Gasteiger partial charge in [-0.25, -0.2) is 4.79 Å². The van der Waals surface area contributed by atoms with Crippen LogP contribution in [-0.4, -0.2) is 33.6 Å². The quantitative estimate of drug-likeness (QED) is 0.533. The van der Waals surface area contributed by atoms with Crippen LogP contribution in [0.15, 0.2) is 30.3 Å². The maximum Gasteiger partial charge on any atom is 0.339 e. The van der Waals surface area contributed by atoms with Crippen LogP contribution in [0.25, 0.3) is 10.9 Å². The molecule has 0 radical (unpaired) electrons. The van der Waals surface area contributed by atoms with Crippen molar-refractivity contribution in [3.63, 3.8) is 0 Å². The third-order valence-electron chi connectivity index (χ3n) is 4.75. The minimum Gasteiger partial charge on any atom is -0.451 e. The summed E-state index contributed by atoms with van der Waals surface area (Å²) in [7, 11) is 0. The molecule has 0 unspecified atom stereocenters. The Labute approximate surface area is 162 Å². The van der Waals surface area contributed by atoms with E-state index in [1.807, 2.05) is 18.2 Å². The predicted octanol–water partition coefficient (Wildman–Crippen LogP) is 4.12. The molecule has 0 aliphatic carbocycles. The minimum atomic E-state index is -1.00. The van der Waals surface area contributed by atoms with Crippen molar-refractivity contribution in [2.45, 2.75) is 40.7 Å². The Hall–Kier alpha value is -3.28. The fraction of sp³-hybridized carbons (Fsp3) is 0.273. The van der Waals surface area contributed by atoms with E-state index in [1.54, 1.807) is 32.9 Å². The number of ether oxygens (including phenoxy) is 1. The van der Waals surface area contributed by atoms with Crippen molar-refractivity contribution in [1.82, 2.24) is 9.97 Å². The number of para-hydroxylation sites is 1.